The zero-order chi connectivity index (χ0) is 29.4. The van der Waals surface area contributed by atoms with E-state index in [9.17, 15) is 22.8 Å². The van der Waals surface area contributed by atoms with Crippen LogP contribution in [-0.2, 0) is 11.0 Å². The van der Waals surface area contributed by atoms with Gasteiger partial charge in [-0.2, -0.15) is 13.2 Å². The van der Waals surface area contributed by atoms with Crippen LogP contribution >= 0.6 is 11.3 Å². The second-order valence-corrected chi connectivity index (χ2v) is 11.2. The summed E-state index contributed by atoms with van der Waals surface area (Å²) >= 11 is 1.10. The number of hydrogen-bond donors (Lipinski definition) is 3. The summed E-state index contributed by atoms with van der Waals surface area (Å²) in [4.78, 5) is 31.3. The van der Waals surface area contributed by atoms with Gasteiger partial charge in [-0.15, -0.1) is 11.3 Å². The van der Waals surface area contributed by atoms with Crippen LogP contribution in [0.1, 0.15) is 59.5 Å². The summed E-state index contributed by atoms with van der Waals surface area (Å²) in [7, 11) is 1.61. The first kappa shape index (κ1) is 30.4. The predicted octanol–water partition coefficient (Wildman–Crippen LogP) is 6.44. The number of ether oxygens (including phenoxy) is 1. The predicted molar refractivity (Wildman–Crippen MR) is 154 cm³/mol. The fourth-order valence-electron chi connectivity index (χ4n) is 4.97. The van der Waals surface area contributed by atoms with Crippen molar-refractivity contribution in [3.05, 3.63) is 64.7 Å². The molecule has 1 atom stereocenters. The number of halogens is 3. The Hall–Kier alpha value is -3.60. The number of carbonyl (C=O) groups excluding carboxylic acids is 2. The van der Waals surface area contributed by atoms with Gasteiger partial charge < -0.3 is 20.7 Å². The van der Waals surface area contributed by atoms with E-state index in [-0.39, 0.29) is 5.91 Å². The van der Waals surface area contributed by atoms with Crippen molar-refractivity contribution in [1.82, 2.24) is 15.6 Å². The smallest absolute Gasteiger partial charge is 0.416 e. The van der Waals surface area contributed by atoms with Crippen molar-refractivity contribution in [2.45, 2.75) is 57.7 Å². The molecule has 2 amide bonds. The molecule has 0 saturated heterocycles. The molecule has 220 valence electrons. The second-order valence-electron chi connectivity index (χ2n) is 10.2. The Balaban J connectivity index is 1.40. The number of anilines is 1. The summed E-state index contributed by atoms with van der Waals surface area (Å²) in [5, 5.41) is 9.56. The lowest BCUT2D eigenvalue weighted by Gasteiger charge is -2.26. The van der Waals surface area contributed by atoms with Crippen LogP contribution in [0, 0.1) is 12.8 Å². The minimum Gasteiger partial charge on any atom is -0.497 e. The summed E-state index contributed by atoms with van der Waals surface area (Å²) in [5.41, 5.74) is 1.11. The van der Waals surface area contributed by atoms with Gasteiger partial charge in [0.15, 0.2) is 0 Å². The normalized spacial score (nSPS) is 14.8. The summed E-state index contributed by atoms with van der Waals surface area (Å²) in [6.45, 7) is 2.56. The van der Waals surface area contributed by atoms with Crippen LogP contribution in [0.2, 0.25) is 0 Å². The molecule has 0 spiro atoms. The third kappa shape index (κ3) is 8.45. The number of carbonyl (C=O) groups is 2. The molecular weight excluding hydrogens is 553 g/mol. The first-order chi connectivity index (χ1) is 19.6. The fraction of sp³-hybridized carbons (Fsp3) is 0.433. The molecule has 0 aliphatic heterocycles. The molecule has 1 fully saturated rings. The van der Waals surface area contributed by atoms with E-state index in [4.69, 9.17) is 4.74 Å². The van der Waals surface area contributed by atoms with Gasteiger partial charge in [-0.25, -0.2) is 4.98 Å². The van der Waals surface area contributed by atoms with Gasteiger partial charge in [-0.05, 0) is 55.7 Å². The lowest BCUT2D eigenvalue weighted by atomic mass is 9.84. The SMILES string of the molecule is COc1ccc(NCCNC(=O)[C@H](CC2CCCCC2)NC(=O)c2sc(-c3ccc(C(F)(F)F)cc3)nc2C)cc1. The van der Waals surface area contributed by atoms with Gasteiger partial charge in [-0.1, -0.05) is 44.2 Å². The Bertz CT molecular complexity index is 1300. The third-order valence-corrected chi connectivity index (χ3v) is 8.43. The molecular formula is C30H35F3N4O3S. The molecule has 4 rings (SSSR count). The first-order valence-corrected chi connectivity index (χ1v) is 14.6. The van der Waals surface area contributed by atoms with E-state index in [1.54, 1.807) is 14.0 Å². The molecule has 1 aliphatic carbocycles. The average molecular weight is 589 g/mol. The van der Waals surface area contributed by atoms with Crippen molar-refractivity contribution in [3.63, 3.8) is 0 Å². The number of amides is 2. The highest BCUT2D eigenvalue weighted by Crippen LogP contribution is 2.33. The van der Waals surface area contributed by atoms with Gasteiger partial charge in [0.2, 0.25) is 5.91 Å². The lowest BCUT2D eigenvalue weighted by Crippen LogP contribution is -2.48. The maximum atomic E-state index is 13.3. The Morgan fingerprint density at radius 2 is 1.71 bits per heavy atom. The zero-order valence-corrected chi connectivity index (χ0v) is 24.0. The maximum Gasteiger partial charge on any atom is 0.416 e. The van der Waals surface area contributed by atoms with E-state index in [2.05, 4.69) is 20.9 Å². The van der Waals surface area contributed by atoms with Gasteiger partial charge in [-0.3, -0.25) is 9.59 Å². The summed E-state index contributed by atoms with van der Waals surface area (Å²) in [6.07, 6.45) is 1.58. The van der Waals surface area contributed by atoms with Gasteiger partial charge >= 0.3 is 6.18 Å². The Morgan fingerprint density at radius 3 is 2.34 bits per heavy atom. The Morgan fingerprint density at radius 1 is 1.02 bits per heavy atom. The quantitative estimate of drug-likeness (QED) is 0.224. The van der Waals surface area contributed by atoms with Gasteiger partial charge in [0.05, 0.1) is 18.4 Å². The molecule has 1 aromatic heterocycles. The number of benzene rings is 2. The second kappa shape index (κ2) is 13.8. The standard InChI is InChI=1S/C30H35F3N4O3S/c1-19-26(41-29(36-19)21-8-10-22(11-9-21)30(31,32)33)28(39)37-25(18-20-6-4-3-5-7-20)27(38)35-17-16-34-23-12-14-24(40-2)15-13-23/h8-15,20,25,34H,3-7,16-18H2,1-2H3,(H,35,38)(H,37,39)/t25-/m0/s1. The summed E-state index contributed by atoms with van der Waals surface area (Å²) in [6, 6.07) is 11.5. The Kier molecular flexibility index (Phi) is 10.3. The molecule has 1 heterocycles. The number of rotatable bonds is 11. The number of nitrogens with zero attached hydrogens (tertiary/aromatic N) is 1. The molecule has 11 heteroatoms. The lowest BCUT2D eigenvalue weighted by molar-refractivity contribution is -0.137. The molecule has 3 aromatic rings. The number of nitrogens with one attached hydrogen (secondary N) is 3. The van der Waals surface area contributed by atoms with E-state index in [1.165, 1.54) is 18.6 Å². The number of methoxy groups -OCH3 is 1. The fourth-order valence-corrected chi connectivity index (χ4v) is 5.94. The van der Waals surface area contributed by atoms with Gasteiger partial charge in [0, 0.05) is 24.3 Å². The van der Waals surface area contributed by atoms with E-state index in [0.717, 1.165) is 60.6 Å². The molecule has 1 aliphatic rings. The third-order valence-electron chi connectivity index (χ3n) is 7.22. The van der Waals surface area contributed by atoms with E-state index in [0.29, 0.717) is 46.6 Å². The van der Waals surface area contributed by atoms with Crippen LogP contribution in [0.5, 0.6) is 5.75 Å². The highest BCUT2D eigenvalue weighted by molar-refractivity contribution is 7.17. The largest absolute Gasteiger partial charge is 0.497 e. The van der Waals surface area contributed by atoms with Crippen LogP contribution in [0.3, 0.4) is 0 Å². The van der Waals surface area contributed by atoms with Crippen molar-refractivity contribution >= 4 is 28.8 Å². The topological polar surface area (TPSA) is 92.4 Å². The van der Waals surface area contributed by atoms with Gasteiger partial charge in [0.1, 0.15) is 21.7 Å². The minimum absolute atomic E-state index is 0.245. The number of aryl methyl sites for hydroxylation is 1. The molecule has 0 bridgehead atoms. The van der Waals surface area contributed by atoms with Crippen LogP contribution in [-0.4, -0.2) is 43.0 Å². The Labute approximate surface area is 241 Å². The number of thiazole rings is 1. The van der Waals surface area contributed by atoms with E-state index >= 15 is 0 Å². The van der Waals surface area contributed by atoms with Crippen molar-refractivity contribution in [2.75, 3.05) is 25.5 Å². The van der Waals surface area contributed by atoms with Crippen LogP contribution in [0.15, 0.2) is 48.5 Å². The highest BCUT2D eigenvalue weighted by Gasteiger charge is 2.31. The molecule has 2 aromatic carbocycles. The van der Waals surface area contributed by atoms with Crippen molar-refractivity contribution in [3.8, 4) is 16.3 Å². The minimum atomic E-state index is -4.43. The number of alkyl halides is 3. The van der Waals surface area contributed by atoms with Crippen LogP contribution < -0.4 is 20.7 Å². The molecule has 7 nitrogen and oxygen atoms in total. The van der Waals surface area contributed by atoms with Crippen LogP contribution in [0.4, 0.5) is 18.9 Å². The maximum absolute atomic E-state index is 13.3. The molecule has 41 heavy (non-hydrogen) atoms. The summed E-state index contributed by atoms with van der Waals surface area (Å²) < 4.78 is 44.0. The molecule has 3 N–H and O–H groups in total. The first-order valence-electron chi connectivity index (χ1n) is 13.8. The highest BCUT2D eigenvalue weighted by atomic mass is 32.1. The number of aromatic nitrogens is 1. The monoisotopic (exact) mass is 588 g/mol. The summed E-state index contributed by atoms with van der Waals surface area (Å²) in [5.74, 6) is 0.450. The molecule has 1 saturated carbocycles. The van der Waals surface area contributed by atoms with Crippen molar-refractivity contribution < 1.29 is 27.5 Å². The average Bonchev–Trinajstić information content (AvgIpc) is 3.37. The zero-order valence-electron chi connectivity index (χ0n) is 23.1. The molecule has 0 unspecified atom stereocenters. The molecule has 0 radical (unpaired) electrons. The number of hydrogen-bond acceptors (Lipinski definition) is 6. The van der Waals surface area contributed by atoms with Crippen LogP contribution in [0.25, 0.3) is 10.6 Å². The van der Waals surface area contributed by atoms with E-state index < -0.39 is 23.7 Å². The van der Waals surface area contributed by atoms with Crippen molar-refractivity contribution in [2.24, 2.45) is 5.92 Å². The van der Waals surface area contributed by atoms with E-state index in [1.807, 2.05) is 24.3 Å². The van der Waals surface area contributed by atoms with Gasteiger partial charge in [0.25, 0.3) is 5.91 Å². The van der Waals surface area contributed by atoms with Crippen molar-refractivity contribution in [1.29, 1.82) is 0 Å².